The first-order valence-corrected chi connectivity index (χ1v) is 13.1. The molecule has 0 radical (unpaired) electrons. The number of rotatable bonds is 8. The molecule has 1 aromatic carbocycles. The third-order valence-electron chi connectivity index (χ3n) is 6.61. The van der Waals surface area contributed by atoms with Crippen molar-refractivity contribution in [3.63, 3.8) is 0 Å². The number of aromatic nitrogens is 1. The molecule has 2 aromatic rings. The number of nitrogens with zero attached hydrogens (tertiary/aromatic N) is 2. The molecule has 1 saturated heterocycles. The smallest absolute Gasteiger partial charge is 0.243 e. The minimum absolute atomic E-state index is 0.127. The maximum atomic E-state index is 13.4. The third-order valence-corrected chi connectivity index (χ3v) is 8.78. The van der Waals surface area contributed by atoms with E-state index in [-0.39, 0.29) is 30.7 Å². The van der Waals surface area contributed by atoms with E-state index in [9.17, 15) is 18.0 Å². The standard InChI is InChI=1S/C25H34N4O4S/c1-17-15-18(2)20(4)24(19(17)3)34(32,33)29-13-8-22(9-14-29)25(31)27-12-7-23(30)28-16-21-5-10-26-11-6-21/h5-6,10-11,15,22H,7-9,12-14,16H2,1-4H3,(H,27,31)(H,28,30). The number of hydrogen-bond donors (Lipinski definition) is 2. The molecular weight excluding hydrogens is 452 g/mol. The normalized spacial score (nSPS) is 15.2. The summed E-state index contributed by atoms with van der Waals surface area (Å²) in [7, 11) is -3.63. The Labute approximate surface area is 202 Å². The highest BCUT2D eigenvalue weighted by Crippen LogP contribution is 2.31. The SMILES string of the molecule is Cc1cc(C)c(C)c(S(=O)(=O)N2CCC(C(=O)NCCC(=O)NCc3ccncc3)CC2)c1C. The molecular formula is C25H34N4O4S. The van der Waals surface area contributed by atoms with Crippen LogP contribution in [0, 0.1) is 33.6 Å². The van der Waals surface area contributed by atoms with Gasteiger partial charge in [-0.15, -0.1) is 0 Å². The zero-order valence-electron chi connectivity index (χ0n) is 20.3. The summed E-state index contributed by atoms with van der Waals surface area (Å²) in [5.41, 5.74) is 4.44. The number of benzene rings is 1. The van der Waals surface area contributed by atoms with E-state index in [0.717, 1.165) is 27.8 Å². The fraction of sp³-hybridized carbons (Fsp3) is 0.480. The highest BCUT2D eigenvalue weighted by Gasteiger charge is 2.34. The van der Waals surface area contributed by atoms with Crippen molar-refractivity contribution in [3.05, 3.63) is 58.4 Å². The first kappa shape index (κ1) is 25.8. The minimum atomic E-state index is -3.63. The maximum Gasteiger partial charge on any atom is 0.243 e. The fourth-order valence-corrected chi connectivity index (χ4v) is 6.33. The summed E-state index contributed by atoms with van der Waals surface area (Å²) < 4.78 is 28.3. The van der Waals surface area contributed by atoms with Crippen molar-refractivity contribution in [3.8, 4) is 0 Å². The molecule has 0 aliphatic carbocycles. The fourth-order valence-electron chi connectivity index (χ4n) is 4.29. The van der Waals surface area contributed by atoms with Crippen LogP contribution in [0.25, 0.3) is 0 Å². The van der Waals surface area contributed by atoms with Gasteiger partial charge >= 0.3 is 0 Å². The van der Waals surface area contributed by atoms with Gasteiger partial charge in [0.15, 0.2) is 0 Å². The molecule has 0 unspecified atom stereocenters. The molecule has 2 amide bonds. The van der Waals surface area contributed by atoms with E-state index in [1.807, 2.05) is 45.9 Å². The number of sulfonamides is 1. The lowest BCUT2D eigenvalue weighted by atomic mass is 9.97. The molecule has 0 bridgehead atoms. The van der Waals surface area contributed by atoms with E-state index >= 15 is 0 Å². The zero-order chi connectivity index (χ0) is 24.9. The summed E-state index contributed by atoms with van der Waals surface area (Å²) >= 11 is 0. The maximum absolute atomic E-state index is 13.4. The Kier molecular flexibility index (Phi) is 8.43. The van der Waals surface area contributed by atoms with Crippen molar-refractivity contribution in [1.29, 1.82) is 0 Å². The molecule has 1 aliphatic heterocycles. The van der Waals surface area contributed by atoms with Gasteiger partial charge in [0.05, 0.1) is 4.90 Å². The number of piperidine rings is 1. The van der Waals surface area contributed by atoms with E-state index in [0.29, 0.717) is 37.4 Å². The topological polar surface area (TPSA) is 108 Å². The van der Waals surface area contributed by atoms with Gasteiger partial charge in [0.1, 0.15) is 0 Å². The molecule has 1 aromatic heterocycles. The molecule has 8 nitrogen and oxygen atoms in total. The highest BCUT2D eigenvalue weighted by molar-refractivity contribution is 7.89. The van der Waals surface area contributed by atoms with Gasteiger partial charge in [0.25, 0.3) is 0 Å². The number of carbonyl (C=O) groups excluding carboxylic acids is 2. The molecule has 1 aliphatic rings. The number of pyridine rings is 1. The Hall–Kier alpha value is -2.78. The zero-order valence-corrected chi connectivity index (χ0v) is 21.2. The van der Waals surface area contributed by atoms with Crippen molar-refractivity contribution < 1.29 is 18.0 Å². The van der Waals surface area contributed by atoms with Crippen LogP contribution in [0.1, 0.15) is 47.1 Å². The van der Waals surface area contributed by atoms with Crippen LogP contribution < -0.4 is 10.6 Å². The van der Waals surface area contributed by atoms with Crippen LogP contribution >= 0.6 is 0 Å². The second kappa shape index (κ2) is 11.1. The molecule has 3 rings (SSSR count). The predicted octanol–water partition coefficient (Wildman–Crippen LogP) is 2.54. The molecule has 0 spiro atoms. The summed E-state index contributed by atoms with van der Waals surface area (Å²) in [5, 5.41) is 5.64. The van der Waals surface area contributed by atoms with Crippen LogP contribution in [0.5, 0.6) is 0 Å². The van der Waals surface area contributed by atoms with E-state index in [1.165, 1.54) is 4.31 Å². The predicted molar refractivity (Wildman–Crippen MR) is 131 cm³/mol. The Morgan fingerprint density at radius 1 is 1.00 bits per heavy atom. The number of hydrogen-bond acceptors (Lipinski definition) is 5. The molecule has 2 N–H and O–H groups in total. The lowest BCUT2D eigenvalue weighted by Gasteiger charge is -2.31. The first-order valence-electron chi connectivity index (χ1n) is 11.6. The van der Waals surface area contributed by atoms with Crippen molar-refractivity contribution in [2.75, 3.05) is 19.6 Å². The van der Waals surface area contributed by atoms with Crippen LogP contribution in [-0.2, 0) is 26.2 Å². The summed E-state index contributed by atoms with van der Waals surface area (Å²) in [6.45, 7) is 8.83. The first-order chi connectivity index (χ1) is 16.1. The average Bonchev–Trinajstić information content (AvgIpc) is 2.82. The van der Waals surface area contributed by atoms with Gasteiger partial charge in [-0.05, 0) is 80.5 Å². The lowest BCUT2D eigenvalue weighted by Crippen LogP contribution is -2.43. The van der Waals surface area contributed by atoms with E-state index in [1.54, 1.807) is 12.4 Å². The summed E-state index contributed by atoms with van der Waals surface area (Å²) in [6.07, 6.45) is 4.45. The molecule has 34 heavy (non-hydrogen) atoms. The molecule has 0 atom stereocenters. The molecule has 2 heterocycles. The van der Waals surface area contributed by atoms with Crippen molar-refractivity contribution in [2.24, 2.45) is 5.92 Å². The third kappa shape index (κ3) is 6.01. The van der Waals surface area contributed by atoms with Gasteiger partial charge in [0, 0.05) is 50.9 Å². The molecule has 0 saturated carbocycles. The molecule has 1 fully saturated rings. The second-order valence-electron chi connectivity index (χ2n) is 8.94. The van der Waals surface area contributed by atoms with Crippen LogP contribution in [-0.4, -0.2) is 49.2 Å². The lowest BCUT2D eigenvalue weighted by molar-refractivity contribution is -0.126. The summed E-state index contributed by atoms with van der Waals surface area (Å²) in [6, 6.07) is 5.68. The van der Waals surface area contributed by atoms with E-state index in [4.69, 9.17) is 0 Å². The quantitative estimate of drug-likeness (QED) is 0.596. The minimum Gasteiger partial charge on any atom is -0.355 e. The van der Waals surface area contributed by atoms with Crippen molar-refractivity contribution >= 4 is 21.8 Å². The van der Waals surface area contributed by atoms with Gasteiger partial charge in [-0.1, -0.05) is 6.07 Å². The Morgan fingerprint density at radius 3 is 2.18 bits per heavy atom. The Morgan fingerprint density at radius 2 is 1.59 bits per heavy atom. The number of nitrogens with one attached hydrogen (secondary N) is 2. The van der Waals surface area contributed by atoms with Crippen molar-refractivity contribution in [2.45, 2.75) is 58.4 Å². The van der Waals surface area contributed by atoms with E-state index in [2.05, 4.69) is 15.6 Å². The molecule has 9 heteroatoms. The second-order valence-corrected chi connectivity index (χ2v) is 10.8. The van der Waals surface area contributed by atoms with Crippen LogP contribution in [0.2, 0.25) is 0 Å². The van der Waals surface area contributed by atoms with Gasteiger partial charge in [-0.3, -0.25) is 14.6 Å². The average molecular weight is 487 g/mol. The van der Waals surface area contributed by atoms with Gasteiger partial charge in [-0.25, -0.2) is 8.42 Å². The number of carbonyl (C=O) groups is 2. The summed E-state index contributed by atoms with van der Waals surface area (Å²) in [5.74, 6) is -0.525. The number of aryl methyl sites for hydroxylation is 2. The number of amides is 2. The largest absolute Gasteiger partial charge is 0.355 e. The monoisotopic (exact) mass is 486 g/mol. The van der Waals surface area contributed by atoms with Crippen LogP contribution in [0.4, 0.5) is 0 Å². The van der Waals surface area contributed by atoms with Crippen LogP contribution in [0.15, 0.2) is 35.5 Å². The Bertz CT molecular complexity index is 1120. The van der Waals surface area contributed by atoms with E-state index < -0.39 is 10.0 Å². The van der Waals surface area contributed by atoms with Gasteiger partial charge in [0.2, 0.25) is 21.8 Å². The van der Waals surface area contributed by atoms with Gasteiger partial charge in [-0.2, -0.15) is 4.31 Å². The summed E-state index contributed by atoms with van der Waals surface area (Å²) in [4.78, 5) is 28.9. The highest BCUT2D eigenvalue weighted by atomic mass is 32.2. The van der Waals surface area contributed by atoms with Gasteiger partial charge < -0.3 is 10.6 Å². The molecule has 184 valence electrons. The Balaban J connectivity index is 1.48. The van der Waals surface area contributed by atoms with Crippen LogP contribution in [0.3, 0.4) is 0 Å². The van der Waals surface area contributed by atoms with Crippen molar-refractivity contribution in [1.82, 2.24) is 19.9 Å².